The number of para-hydroxylation sites is 1. The maximum absolute atomic E-state index is 13.3. The third-order valence-corrected chi connectivity index (χ3v) is 6.54. The topological polar surface area (TPSA) is 73.9 Å². The van der Waals surface area contributed by atoms with Gasteiger partial charge in [-0.1, -0.05) is 24.3 Å². The van der Waals surface area contributed by atoms with Gasteiger partial charge in [-0.3, -0.25) is 4.79 Å². The molecular weight excluding hydrogens is 448 g/mol. The van der Waals surface area contributed by atoms with Crippen molar-refractivity contribution in [2.45, 2.75) is 25.5 Å². The molecule has 1 aliphatic heterocycles. The van der Waals surface area contributed by atoms with E-state index in [1.54, 1.807) is 0 Å². The number of nitrogens with zero attached hydrogens (tertiary/aromatic N) is 2. The van der Waals surface area contributed by atoms with Crippen LogP contribution < -0.4 is 15.5 Å². The number of hydrogen-bond acceptors (Lipinski definition) is 5. The summed E-state index contributed by atoms with van der Waals surface area (Å²) in [6, 6.07) is 18.5. The summed E-state index contributed by atoms with van der Waals surface area (Å²) in [4.78, 5) is 30.4. The summed E-state index contributed by atoms with van der Waals surface area (Å²) in [5.41, 5.74) is 3.32. The number of urea groups is 1. The molecule has 3 amide bonds. The molecule has 1 aliphatic rings. The Labute approximate surface area is 204 Å². The lowest BCUT2D eigenvalue weighted by atomic mass is 10.1. The first-order valence-electron chi connectivity index (χ1n) is 11.4. The lowest BCUT2D eigenvalue weighted by Gasteiger charge is -2.28. The molecule has 1 unspecified atom stereocenters. The summed E-state index contributed by atoms with van der Waals surface area (Å²) in [5.74, 6) is -0.00427. The van der Waals surface area contributed by atoms with Crippen LogP contribution >= 0.6 is 11.3 Å². The number of carbonyl (C=O) groups excluding carboxylic acids is 2. The van der Waals surface area contributed by atoms with Gasteiger partial charge in [-0.25, -0.2) is 4.79 Å². The molecule has 2 aromatic carbocycles. The van der Waals surface area contributed by atoms with Gasteiger partial charge < -0.3 is 25.2 Å². The van der Waals surface area contributed by atoms with Crippen molar-refractivity contribution in [1.29, 1.82) is 0 Å². The van der Waals surface area contributed by atoms with E-state index in [1.165, 1.54) is 11.3 Å². The second-order valence-electron chi connectivity index (χ2n) is 8.48. The van der Waals surface area contributed by atoms with Crippen molar-refractivity contribution in [2.75, 3.05) is 42.8 Å². The lowest BCUT2D eigenvalue weighted by Crippen LogP contribution is -2.37. The molecule has 2 heterocycles. The van der Waals surface area contributed by atoms with Crippen LogP contribution in [0.15, 0.2) is 66.0 Å². The highest BCUT2D eigenvalue weighted by molar-refractivity contribution is 7.12. The summed E-state index contributed by atoms with van der Waals surface area (Å²) in [7, 11) is 3.94. The highest BCUT2D eigenvalue weighted by Gasteiger charge is 2.25. The normalized spacial score (nSPS) is 15.1. The highest BCUT2D eigenvalue weighted by atomic mass is 32.1. The molecular formula is C26H30N4O3S. The summed E-state index contributed by atoms with van der Waals surface area (Å²) in [5, 5.41) is 7.65. The average molecular weight is 479 g/mol. The third kappa shape index (κ3) is 6.15. The number of hydrogen-bond donors (Lipinski definition) is 2. The summed E-state index contributed by atoms with van der Waals surface area (Å²) in [6.45, 7) is 1.69. The first kappa shape index (κ1) is 23.8. The molecule has 0 saturated carbocycles. The quantitative estimate of drug-likeness (QED) is 0.462. The second-order valence-corrected chi connectivity index (χ2v) is 9.43. The minimum atomic E-state index is -0.319. The number of ether oxygens (including phenoxy) is 1. The van der Waals surface area contributed by atoms with E-state index in [9.17, 15) is 9.59 Å². The lowest BCUT2D eigenvalue weighted by molar-refractivity contribution is 0.0511. The van der Waals surface area contributed by atoms with Gasteiger partial charge in [0, 0.05) is 50.9 Å². The highest BCUT2D eigenvalue weighted by Crippen LogP contribution is 2.27. The number of rotatable bonds is 8. The Hall–Kier alpha value is -3.36. The van der Waals surface area contributed by atoms with Crippen LogP contribution in [-0.2, 0) is 11.3 Å². The molecule has 7 nitrogen and oxygen atoms in total. The summed E-state index contributed by atoms with van der Waals surface area (Å²) < 4.78 is 5.83. The standard InChI is InChI=1S/C26H30N4O3S/c1-29(2)23-13-12-21(28-26(32)27-20-8-4-3-5-9-20)16-19(23)17-30(18-22-10-6-14-33-22)25(31)24-11-7-15-34-24/h3-5,7-9,11-13,15-16,22H,6,10,14,17-18H2,1-2H3,(H2,27,28,32). The van der Waals surface area contributed by atoms with E-state index in [4.69, 9.17) is 4.74 Å². The summed E-state index contributed by atoms with van der Waals surface area (Å²) >= 11 is 1.44. The second kappa shape index (κ2) is 11.2. The van der Waals surface area contributed by atoms with Crippen LogP contribution in [0.5, 0.6) is 0 Å². The molecule has 178 valence electrons. The van der Waals surface area contributed by atoms with Gasteiger partial charge in [0.15, 0.2) is 0 Å². The minimum absolute atomic E-state index is 0.00427. The Kier molecular flexibility index (Phi) is 7.82. The Morgan fingerprint density at radius 1 is 1.03 bits per heavy atom. The van der Waals surface area contributed by atoms with Gasteiger partial charge in [0.25, 0.3) is 5.91 Å². The predicted octanol–water partition coefficient (Wildman–Crippen LogP) is 5.28. The molecule has 4 rings (SSSR count). The Morgan fingerprint density at radius 2 is 1.82 bits per heavy atom. The van der Waals surface area contributed by atoms with Gasteiger partial charge >= 0.3 is 6.03 Å². The van der Waals surface area contributed by atoms with Gasteiger partial charge in [-0.05, 0) is 60.2 Å². The fourth-order valence-corrected chi connectivity index (χ4v) is 4.75. The maximum atomic E-state index is 13.3. The molecule has 0 radical (unpaired) electrons. The molecule has 0 aliphatic carbocycles. The van der Waals surface area contributed by atoms with Crippen molar-refractivity contribution in [1.82, 2.24) is 4.90 Å². The van der Waals surface area contributed by atoms with Crippen molar-refractivity contribution in [2.24, 2.45) is 0 Å². The van der Waals surface area contributed by atoms with Crippen LogP contribution in [-0.4, -0.2) is 50.2 Å². The Balaban J connectivity index is 1.55. The first-order chi connectivity index (χ1) is 16.5. The molecule has 1 atom stereocenters. The van der Waals surface area contributed by atoms with Gasteiger partial charge in [-0.15, -0.1) is 11.3 Å². The van der Waals surface area contributed by atoms with Gasteiger partial charge in [0.05, 0.1) is 11.0 Å². The van der Waals surface area contributed by atoms with Gasteiger partial charge in [0.1, 0.15) is 0 Å². The van der Waals surface area contributed by atoms with Gasteiger partial charge in [-0.2, -0.15) is 0 Å². The first-order valence-corrected chi connectivity index (χ1v) is 12.3. The van der Waals surface area contributed by atoms with Crippen molar-refractivity contribution >= 4 is 40.3 Å². The average Bonchev–Trinajstić information content (AvgIpc) is 3.53. The van der Waals surface area contributed by atoms with Crippen LogP contribution in [0.2, 0.25) is 0 Å². The van der Waals surface area contributed by atoms with Gasteiger partial charge in [0.2, 0.25) is 0 Å². The van der Waals surface area contributed by atoms with E-state index >= 15 is 0 Å². The molecule has 0 bridgehead atoms. The third-order valence-electron chi connectivity index (χ3n) is 5.68. The van der Waals surface area contributed by atoms with E-state index in [1.807, 2.05) is 89.9 Å². The predicted molar refractivity (Wildman–Crippen MR) is 138 cm³/mol. The van der Waals surface area contributed by atoms with Crippen molar-refractivity contribution < 1.29 is 14.3 Å². The largest absolute Gasteiger partial charge is 0.377 e. The van der Waals surface area contributed by atoms with Crippen LogP contribution in [0.1, 0.15) is 28.1 Å². The van der Waals surface area contributed by atoms with E-state index in [0.29, 0.717) is 23.7 Å². The Bertz CT molecular complexity index is 1100. The van der Waals surface area contributed by atoms with Crippen molar-refractivity contribution in [3.63, 3.8) is 0 Å². The van der Waals surface area contributed by atoms with Crippen LogP contribution in [0.3, 0.4) is 0 Å². The van der Waals surface area contributed by atoms with E-state index in [2.05, 4.69) is 10.6 Å². The number of benzene rings is 2. The molecule has 1 fully saturated rings. The number of anilines is 3. The van der Waals surface area contributed by atoms with E-state index in [0.717, 1.165) is 36.4 Å². The van der Waals surface area contributed by atoms with Crippen molar-refractivity contribution in [3.05, 3.63) is 76.5 Å². The summed E-state index contributed by atoms with van der Waals surface area (Å²) in [6.07, 6.45) is 2.02. The molecule has 34 heavy (non-hydrogen) atoms. The van der Waals surface area contributed by atoms with Crippen LogP contribution in [0, 0.1) is 0 Å². The molecule has 1 saturated heterocycles. The number of carbonyl (C=O) groups is 2. The fraction of sp³-hybridized carbons (Fsp3) is 0.308. The van der Waals surface area contributed by atoms with Crippen LogP contribution in [0.4, 0.5) is 21.9 Å². The van der Waals surface area contributed by atoms with Crippen LogP contribution in [0.25, 0.3) is 0 Å². The molecule has 3 aromatic rings. The minimum Gasteiger partial charge on any atom is -0.377 e. The zero-order valence-electron chi connectivity index (χ0n) is 19.5. The zero-order valence-corrected chi connectivity index (χ0v) is 20.3. The SMILES string of the molecule is CN(C)c1ccc(NC(=O)Nc2ccccc2)cc1CN(CC1CCCO1)C(=O)c1cccs1. The van der Waals surface area contributed by atoms with E-state index < -0.39 is 0 Å². The fourth-order valence-electron chi connectivity index (χ4n) is 4.06. The molecule has 8 heteroatoms. The Morgan fingerprint density at radius 3 is 2.50 bits per heavy atom. The van der Waals surface area contributed by atoms with E-state index in [-0.39, 0.29) is 18.0 Å². The zero-order chi connectivity index (χ0) is 23.9. The molecule has 0 spiro atoms. The van der Waals surface area contributed by atoms with Crippen molar-refractivity contribution in [3.8, 4) is 0 Å². The molecule has 1 aromatic heterocycles. The number of nitrogens with one attached hydrogen (secondary N) is 2. The number of amides is 3. The smallest absolute Gasteiger partial charge is 0.323 e. The number of thiophene rings is 1. The molecule has 2 N–H and O–H groups in total. The monoisotopic (exact) mass is 478 g/mol. The maximum Gasteiger partial charge on any atom is 0.323 e.